The first-order valence-electron chi connectivity index (χ1n) is 7.86. The maximum atomic E-state index is 9.76. The Hall–Kier alpha value is -1.10. The summed E-state index contributed by atoms with van der Waals surface area (Å²) in [6.07, 6.45) is 0. The predicted octanol–water partition coefficient (Wildman–Crippen LogP) is 2.00. The Balaban J connectivity index is 1.98. The van der Waals surface area contributed by atoms with Gasteiger partial charge in [0.25, 0.3) is 0 Å². The van der Waals surface area contributed by atoms with Crippen LogP contribution in [0.1, 0.15) is 25.5 Å². The van der Waals surface area contributed by atoms with Gasteiger partial charge in [0.1, 0.15) is 5.75 Å². The SMILES string of the molecule is CC(C)COc1ccc(C(CO)N2CCN(C)CC2)cc1. The van der Waals surface area contributed by atoms with Gasteiger partial charge in [0.15, 0.2) is 0 Å². The molecule has 1 N–H and O–H groups in total. The zero-order chi connectivity index (χ0) is 15.2. The largest absolute Gasteiger partial charge is 0.493 e. The summed E-state index contributed by atoms with van der Waals surface area (Å²) in [5.41, 5.74) is 1.17. The minimum Gasteiger partial charge on any atom is -0.493 e. The van der Waals surface area contributed by atoms with E-state index in [1.165, 1.54) is 5.56 Å². The number of aliphatic hydroxyl groups is 1. The molecule has 0 aliphatic carbocycles. The lowest BCUT2D eigenvalue weighted by Crippen LogP contribution is -2.46. The first-order valence-corrected chi connectivity index (χ1v) is 7.86. The lowest BCUT2D eigenvalue weighted by molar-refractivity contribution is 0.0747. The van der Waals surface area contributed by atoms with Gasteiger partial charge in [-0.1, -0.05) is 26.0 Å². The van der Waals surface area contributed by atoms with Crippen LogP contribution in [0, 0.1) is 5.92 Å². The molecule has 1 aromatic rings. The Morgan fingerprint density at radius 1 is 1.10 bits per heavy atom. The van der Waals surface area contributed by atoms with Crippen LogP contribution in [0.3, 0.4) is 0 Å². The normalized spacial score (nSPS) is 18.9. The molecule has 1 aliphatic heterocycles. The Kier molecular flexibility index (Phi) is 6.03. The molecule has 4 heteroatoms. The zero-order valence-electron chi connectivity index (χ0n) is 13.5. The number of likely N-dealkylation sites (N-methyl/N-ethyl adjacent to an activating group) is 1. The molecule has 0 radical (unpaired) electrons. The van der Waals surface area contributed by atoms with E-state index in [9.17, 15) is 5.11 Å². The highest BCUT2D eigenvalue weighted by atomic mass is 16.5. The fraction of sp³-hybridized carbons (Fsp3) is 0.647. The summed E-state index contributed by atoms with van der Waals surface area (Å²) >= 11 is 0. The molecule has 1 atom stereocenters. The van der Waals surface area contributed by atoms with Gasteiger partial charge in [-0.15, -0.1) is 0 Å². The number of benzene rings is 1. The van der Waals surface area contributed by atoms with Crippen molar-refractivity contribution in [1.29, 1.82) is 0 Å². The third-order valence-corrected chi connectivity index (χ3v) is 4.00. The highest BCUT2D eigenvalue weighted by molar-refractivity contribution is 5.29. The van der Waals surface area contributed by atoms with Gasteiger partial charge >= 0.3 is 0 Å². The molecule has 21 heavy (non-hydrogen) atoms. The van der Waals surface area contributed by atoms with Crippen molar-refractivity contribution in [3.8, 4) is 5.75 Å². The molecule has 0 bridgehead atoms. The third-order valence-electron chi connectivity index (χ3n) is 4.00. The molecule has 1 heterocycles. The van der Waals surface area contributed by atoms with E-state index >= 15 is 0 Å². The Bertz CT molecular complexity index is 411. The lowest BCUT2D eigenvalue weighted by atomic mass is 10.0. The molecule has 1 saturated heterocycles. The number of ether oxygens (including phenoxy) is 1. The quantitative estimate of drug-likeness (QED) is 0.870. The molecule has 2 rings (SSSR count). The van der Waals surface area contributed by atoms with E-state index < -0.39 is 0 Å². The second kappa shape index (κ2) is 7.78. The van der Waals surface area contributed by atoms with Crippen molar-refractivity contribution in [3.05, 3.63) is 29.8 Å². The Morgan fingerprint density at radius 3 is 2.24 bits per heavy atom. The lowest BCUT2D eigenvalue weighted by Gasteiger charge is -2.37. The van der Waals surface area contributed by atoms with Crippen molar-refractivity contribution < 1.29 is 9.84 Å². The molecule has 0 amide bonds. The van der Waals surface area contributed by atoms with Crippen molar-refractivity contribution in [1.82, 2.24) is 9.80 Å². The van der Waals surface area contributed by atoms with Gasteiger partial charge in [0.2, 0.25) is 0 Å². The first kappa shape index (κ1) is 16.3. The maximum absolute atomic E-state index is 9.76. The molecule has 118 valence electrons. The highest BCUT2D eigenvalue weighted by Gasteiger charge is 2.23. The fourth-order valence-electron chi connectivity index (χ4n) is 2.61. The van der Waals surface area contributed by atoms with E-state index in [0.717, 1.165) is 38.5 Å². The van der Waals surface area contributed by atoms with Crippen LogP contribution in [0.2, 0.25) is 0 Å². The molecule has 1 fully saturated rings. The van der Waals surface area contributed by atoms with Crippen molar-refractivity contribution in [3.63, 3.8) is 0 Å². The number of rotatable bonds is 6. The van der Waals surface area contributed by atoms with Crippen molar-refractivity contribution in [2.45, 2.75) is 19.9 Å². The van der Waals surface area contributed by atoms with E-state index in [1.54, 1.807) is 0 Å². The van der Waals surface area contributed by atoms with Gasteiger partial charge in [-0.05, 0) is 30.7 Å². The summed E-state index contributed by atoms with van der Waals surface area (Å²) in [6, 6.07) is 8.27. The topological polar surface area (TPSA) is 35.9 Å². The summed E-state index contributed by atoms with van der Waals surface area (Å²) in [6.45, 7) is 9.32. The van der Waals surface area contributed by atoms with Crippen molar-refractivity contribution in [2.75, 3.05) is 46.4 Å². The fourth-order valence-corrected chi connectivity index (χ4v) is 2.61. The van der Waals surface area contributed by atoms with E-state index in [-0.39, 0.29) is 12.6 Å². The molecule has 4 nitrogen and oxygen atoms in total. The smallest absolute Gasteiger partial charge is 0.119 e. The van der Waals surface area contributed by atoms with Crippen LogP contribution in [0.5, 0.6) is 5.75 Å². The average Bonchev–Trinajstić information content (AvgIpc) is 2.49. The number of piperazine rings is 1. The molecule has 0 aromatic heterocycles. The number of nitrogens with zero attached hydrogens (tertiary/aromatic N) is 2. The number of hydrogen-bond acceptors (Lipinski definition) is 4. The molecular weight excluding hydrogens is 264 g/mol. The second-order valence-corrected chi connectivity index (χ2v) is 6.31. The average molecular weight is 292 g/mol. The van der Waals surface area contributed by atoms with Gasteiger partial charge in [-0.2, -0.15) is 0 Å². The number of aliphatic hydroxyl groups excluding tert-OH is 1. The second-order valence-electron chi connectivity index (χ2n) is 6.31. The van der Waals surface area contributed by atoms with Crippen LogP contribution in [-0.2, 0) is 0 Å². The monoisotopic (exact) mass is 292 g/mol. The van der Waals surface area contributed by atoms with Gasteiger partial charge in [0, 0.05) is 26.2 Å². The van der Waals surface area contributed by atoms with Crippen LogP contribution in [0.25, 0.3) is 0 Å². The highest BCUT2D eigenvalue weighted by Crippen LogP contribution is 2.24. The minimum absolute atomic E-state index is 0.0952. The van der Waals surface area contributed by atoms with Crippen molar-refractivity contribution >= 4 is 0 Å². The van der Waals surface area contributed by atoms with Crippen LogP contribution in [0.15, 0.2) is 24.3 Å². The van der Waals surface area contributed by atoms with Gasteiger partial charge in [0.05, 0.1) is 19.3 Å². The Labute approximate surface area is 128 Å². The standard InChI is InChI=1S/C17H28N2O2/c1-14(2)13-21-16-6-4-15(5-7-16)17(12-20)19-10-8-18(3)9-11-19/h4-7,14,17,20H,8-13H2,1-3H3. The predicted molar refractivity (Wildman–Crippen MR) is 85.7 cm³/mol. The zero-order valence-corrected chi connectivity index (χ0v) is 13.5. The summed E-state index contributed by atoms with van der Waals surface area (Å²) in [7, 11) is 2.14. The molecule has 1 unspecified atom stereocenters. The van der Waals surface area contributed by atoms with E-state index in [0.29, 0.717) is 5.92 Å². The maximum Gasteiger partial charge on any atom is 0.119 e. The molecule has 0 spiro atoms. The van der Waals surface area contributed by atoms with Crippen LogP contribution in [-0.4, -0.2) is 61.3 Å². The van der Waals surface area contributed by atoms with Crippen molar-refractivity contribution in [2.24, 2.45) is 5.92 Å². The Morgan fingerprint density at radius 2 is 1.71 bits per heavy atom. The van der Waals surface area contributed by atoms with Gasteiger partial charge in [-0.3, -0.25) is 4.90 Å². The van der Waals surface area contributed by atoms with Crippen LogP contribution in [0.4, 0.5) is 0 Å². The van der Waals surface area contributed by atoms with Gasteiger partial charge < -0.3 is 14.7 Å². The van der Waals surface area contributed by atoms with E-state index in [1.807, 2.05) is 12.1 Å². The molecule has 1 aliphatic rings. The van der Waals surface area contributed by atoms with E-state index in [2.05, 4.69) is 42.8 Å². The summed E-state index contributed by atoms with van der Waals surface area (Å²) in [4.78, 5) is 4.69. The molecule has 0 saturated carbocycles. The minimum atomic E-state index is 0.0952. The summed E-state index contributed by atoms with van der Waals surface area (Å²) in [5.74, 6) is 1.43. The van der Waals surface area contributed by atoms with Gasteiger partial charge in [-0.25, -0.2) is 0 Å². The number of hydrogen-bond donors (Lipinski definition) is 1. The van der Waals surface area contributed by atoms with E-state index in [4.69, 9.17) is 4.74 Å². The molecule has 1 aromatic carbocycles. The first-order chi connectivity index (χ1) is 10.1. The summed E-state index contributed by atoms with van der Waals surface area (Å²) < 4.78 is 5.71. The van der Waals surface area contributed by atoms with Crippen LogP contribution >= 0.6 is 0 Å². The van der Waals surface area contributed by atoms with Crippen LogP contribution < -0.4 is 4.74 Å². The summed E-state index contributed by atoms with van der Waals surface area (Å²) in [5, 5.41) is 9.76. The third kappa shape index (κ3) is 4.70. The molecular formula is C17H28N2O2.